The van der Waals surface area contributed by atoms with Gasteiger partial charge in [-0.2, -0.15) is 0 Å². The van der Waals surface area contributed by atoms with E-state index in [0.29, 0.717) is 31.1 Å². The minimum Gasteiger partial charge on any atom is -0.481 e. The summed E-state index contributed by atoms with van der Waals surface area (Å²) in [5.41, 5.74) is 0.695. The van der Waals surface area contributed by atoms with Crippen LogP contribution in [0.15, 0.2) is 18.3 Å². The number of hydrogen-bond acceptors (Lipinski definition) is 3. The van der Waals surface area contributed by atoms with Crippen LogP contribution in [0.25, 0.3) is 0 Å². The Morgan fingerprint density at radius 3 is 2.81 bits per heavy atom. The Labute approximate surface area is 124 Å². The highest BCUT2D eigenvalue weighted by molar-refractivity contribution is 5.92. The molecule has 1 aromatic heterocycles. The summed E-state index contributed by atoms with van der Waals surface area (Å²) < 4.78 is 2.06. The van der Waals surface area contributed by atoms with Crippen molar-refractivity contribution in [2.45, 2.75) is 38.1 Å². The fourth-order valence-corrected chi connectivity index (χ4v) is 2.68. The molecule has 2 rings (SSSR count). The van der Waals surface area contributed by atoms with E-state index in [1.165, 1.54) is 0 Å². The van der Waals surface area contributed by atoms with Gasteiger partial charge in [-0.15, -0.1) is 0 Å². The zero-order chi connectivity index (χ0) is 15.1. The number of carbonyl (C=O) groups is 2. The van der Waals surface area contributed by atoms with Crippen LogP contribution in [-0.4, -0.2) is 41.2 Å². The van der Waals surface area contributed by atoms with Crippen molar-refractivity contribution in [3.63, 3.8) is 0 Å². The van der Waals surface area contributed by atoms with Crippen LogP contribution in [-0.2, 0) is 4.79 Å². The Morgan fingerprint density at radius 1 is 1.33 bits per heavy atom. The average molecular weight is 293 g/mol. The average Bonchev–Trinajstić information content (AvgIpc) is 2.97. The van der Waals surface area contributed by atoms with Gasteiger partial charge in [0.2, 0.25) is 0 Å². The zero-order valence-electron chi connectivity index (χ0n) is 12.2. The van der Waals surface area contributed by atoms with Gasteiger partial charge in [0.25, 0.3) is 5.91 Å². The minimum atomic E-state index is -0.791. The van der Waals surface area contributed by atoms with Gasteiger partial charge < -0.3 is 20.3 Å². The van der Waals surface area contributed by atoms with Crippen LogP contribution in [0.1, 0.15) is 48.6 Å². The van der Waals surface area contributed by atoms with Gasteiger partial charge in [-0.25, -0.2) is 0 Å². The van der Waals surface area contributed by atoms with Crippen molar-refractivity contribution in [1.82, 2.24) is 15.2 Å². The molecule has 2 heterocycles. The van der Waals surface area contributed by atoms with E-state index in [4.69, 9.17) is 5.11 Å². The number of aromatic nitrogens is 1. The molecule has 1 aliphatic rings. The molecular weight excluding hydrogens is 270 g/mol. The number of aliphatic carboxylic acids is 1. The lowest BCUT2D eigenvalue weighted by Gasteiger charge is -2.25. The third-order valence-corrected chi connectivity index (χ3v) is 3.82. The first kappa shape index (κ1) is 15.6. The van der Waals surface area contributed by atoms with Crippen molar-refractivity contribution in [2.24, 2.45) is 0 Å². The van der Waals surface area contributed by atoms with E-state index >= 15 is 0 Å². The van der Waals surface area contributed by atoms with Crippen LogP contribution in [0.4, 0.5) is 0 Å². The first-order valence-corrected chi connectivity index (χ1v) is 7.56. The Bertz CT molecular complexity index is 478. The number of carboxylic acids is 1. The third kappa shape index (κ3) is 4.60. The Balaban J connectivity index is 1.82. The molecule has 1 aromatic rings. The highest BCUT2D eigenvalue weighted by atomic mass is 16.4. The van der Waals surface area contributed by atoms with E-state index in [1.54, 1.807) is 0 Å². The van der Waals surface area contributed by atoms with Crippen LogP contribution in [0.5, 0.6) is 0 Å². The van der Waals surface area contributed by atoms with Gasteiger partial charge in [0, 0.05) is 25.2 Å². The summed E-state index contributed by atoms with van der Waals surface area (Å²) in [6.07, 6.45) is 5.47. The van der Waals surface area contributed by atoms with E-state index < -0.39 is 5.97 Å². The molecule has 0 saturated carbocycles. The highest BCUT2D eigenvalue weighted by Crippen LogP contribution is 2.21. The summed E-state index contributed by atoms with van der Waals surface area (Å²) in [6.45, 7) is 2.49. The van der Waals surface area contributed by atoms with Crippen molar-refractivity contribution < 1.29 is 14.7 Å². The number of nitrogens with zero attached hydrogens (tertiary/aromatic N) is 1. The number of carbonyl (C=O) groups excluding carboxylic acids is 1. The second kappa shape index (κ2) is 7.83. The molecule has 0 radical (unpaired) electrons. The lowest BCUT2D eigenvalue weighted by molar-refractivity contribution is -0.137. The van der Waals surface area contributed by atoms with Gasteiger partial charge in [0.15, 0.2) is 0 Å². The van der Waals surface area contributed by atoms with E-state index in [-0.39, 0.29) is 12.3 Å². The first-order chi connectivity index (χ1) is 10.2. The molecule has 1 fully saturated rings. The topological polar surface area (TPSA) is 83.4 Å². The molecule has 0 aromatic carbocycles. The summed E-state index contributed by atoms with van der Waals surface area (Å²) in [7, 11) is 0. The highest BCUT2D eigenvalue weighted by Gasteiger charge is 2.19. The predicted molar refractivity (Wildman–Crippen MR) is 79.4 cm³/mol. The second-order valence-electron chi connectivity index (χ2n) is 5.39. The minimum absolute atomic E-state index is 0.0751. The molecule has 0 bridgehead atoms. The Hall–Kier alpha value is -1.82. The number of amides is 1. The van der Waals surface area contributed by atoms with Crippen molar-refractivity contribution in [3.05, 3.63) is 24.0 Å². The monoisotopic (exact) mass is 293 g/mol. The maximum absolute atomic E-state index is 12.2. The lowest BCUT2D eigenvalue weighted by Crippen LogP contribution is -2.32. The molecule has 3 N–H and O–H groups in total. The fraction of sp³-hybridized carbons (Fsp3) is 0.600. The number of hydrogen-bond donors (Lipinski definition) is 3. The zero-order valence-corrected chi connectivity index (χ0v) is 12.2. The van der Waals surface area contributed by atoms with Gasteiger partial charge in [0.05, 0.1) is 0 Å². The summed E-state index contributed by atoms with van der Waals surface area (Å²) in [6, 6.07) is 4.13. The molecular formula is C15H23N3O3. The third-order valence-electron chi connectivity index (χ3n) is 3.82. The molecule has 0 atom stereocenters. The molecule has 0 unspecified atom stereocenters. The number of carboxylic acid groups (broad SMARTS) is 1. The molecule has 1 aliphatic heterocycles. The number of rotatable bonds is 7. The predicted octanol–water partition coefficient (Wildman–Crippen LogP) is 1.40. The summed E-state index contributed by atoms with van der Waals surface area (Å²) in [5.74, 6) is -0.866. The van der Waals surface area contributed by atoms with E-state index in [2.05, 4.69) is 15.2 Å². The van der Waals surface area contributed by atoms with Crippen LogP contribution in [0.2, 0.25) is 0 Å². The fourth-order valence-electron chi connectivity index (χ4n) is 2.68. The quantitative estimate of drug-likeness (QED) is 0.664. The standard InChI is InChI=1S/C15H23N3O3/c19-14(20)5-1-2-8-17-15(21)13-4-3-11-18(13)12-6-9-16-10-7-12/h3-4,11-12,16H,1-2,5-10H2,(H,17,21)(H,19,20). The number of unbranched alkanes of at least 4 members (excludes halogenated alkanes) is 1. The van der Waals surface area contributed by atoms with Crippen molar-refractivity contribution in [1.29, 1.82) is 0 Å². The van der Waals surface area contributed by atoms with Gasteiger partial charge in [-0.1, -0.05) is 0 Å². The van der Waals surface area contributed by atoms with Gasteiger partial charge in [-0.05, 0) is 50.9 Å². The van der Waals surface area contributed by atoms with Crippen molar-refractivity contribution >= 4 is 11.9 Å². The van der Waals surface area contributed by atoms with E-state index in [0.717, 1.165) is 25.9 Å². The lowest BCUT2D eigenvalue weighted by atomic mass is 10.1. The summed E-state index contributed by atoms with van der Waals surface area (Å²) >= 11 is 0. The van der Waals surface area contributed by atoms with Gasteiger partial charge in [-0.3, -0.25) is 9.59 Å². The SMILES string of the molecule is O=C(O)CCCCNC(=O)c1cccn1C1CCNCC1. The van der Waals surface area contributed by atoms with E-state index in [1.807, 2.05) is 18.3 Å². The molecule has 6 nitrogen and oxygen atoms in total. The smallest absolute Gasteiger partial charge is 0.303 e. The second-order valence-corrected chi connectivity index (χ2v) is 5.39. The molecule has 116 valence electrons. The molecule has 21 heavy (non-hydrogen) atoms. The maximum atomic E-state index is 12.2. The van der Waals surface area contributed by atoms with Crippen LogP contribution >= 0.6 is 0 Å². The van der Waals surface area contributed by atoms with Gasteiger partial charge >= 0.3 is 5.97 Å². The van der Waals surface area contributed by atoms with Crippen LogP contribution in [0.3, 0.4) is 0 Å². The number of nitrogens with one attached hydrogen (secondary N) is 2. The van der Waals surface area contributed by atoms with Crippen LogP contribution in [0, 0.1) is 0 Å². The molecule has 6 heteroatoms. The van der Waals surface area contributed by atoms with Crippen molar-refractivity contribution in [2.75, 3.05) is 19.6 Å². The van der Waals surface area contributed by atoms with Gasteiger partial charge in [0.1, 0.15) is 5.69 Å². The molecule has 0 aliphatic carbocycles. The summed E-state index contributed by atoms with van der Waals surface area (Å²) in [5, 5.41) is 14.7. The Kier molecular flexibility index (Phi) is 5.80. The largest absolute Gasteiger partial charge is 0.481 e. The van der Waals surface area contributed by atoms with Crippen molar-refractivity contribution in [3.8, 4) is 0 Å². The number of piperidine rings is 1. The molecule has 1 saturated heterocycles. The first-order valence-electron chi connectivity index (χ1n) is 7.56. The summed E-state index contributed by atoms with van der Waals surface area (Å²) in [4.78, 5) is 22.6. The van der Waals surface area contributed by atoms with Crippen LogP contribution < -0.4 is 10.6 Å². The van der Waals surface area contributed by atoms with E-state index in [9.17, 15) is 9.59 Å². The normalized spacial score (nSPS) is 15.8. The molecule has 0 spiro atoms. The maximum Gasteiger partial charge on any atom is 0.303 e. The molecule has 1 amide bonds. The Morgan fingerprint density at radius 2 is 2.10 bits per heavy atom.